The molecule has 0 aromatic rings. The lowest BCUT2D eigenvalue weighted by Crippen LogP contribution is -2.60. The Kier molecular flexibility index (Phi) is 24.8. The van der Waals surface area contributed by atoms with Crippen molar-refractivity contribution >= 4 is 5.91 Å². The Morgan fingerprint density at radius 3 is 1.89 bits per heavy atom. The number of aliphatic hydroxyl groups is 6. The number of amides is 1. The molecule has 1 rings (SSSR count). The first kappa shape index (κ1) is 42.1. The van der Waals surface area contributed by atoms with Crippen LogP contribution in [0.3, 0.4) is 0 Å². The van der Waals surface area contributed by atoms with Crippen molar-refractivity contribution in [2.45, 2.75) is 159 Å². The Morgan fingerprint density at radius 1 is 0.739 bits per heavy atom. The first-order chi connectivity index (χ1) is 22.3. The van der Waals surface area contributed by atoms with Gasteiger partial charge in [-0.3, -0.25) is 4.79 Å². The molecule has 1 aliphatic heterocycles. The van der Waals surface area contributed by atoms with Gasteiger partial charge in [-0.1, -0.05) is 94.6 Å². The van der Waals surface area contributed by atoms with Gasteiger partial charge in [0.15, 0.2) is 6.29 Å². The van der Waals surface area contributed by atoms with Crippen LogP contribution in [0.2, 0.25) is 0 Å². The Labute approximate surface area is 276 Å². The van der Waals surface area contributed by atoms with E-state index < -0.39 is 61.5 Å². The number of hydrogen-bond donors (Lipinski definition) is 7. The highest BCUT2D eigenvalue weighted by Gasteiger charge is 2.44. The number of unbranched alkanes of at least 4 members (excludes halogenated alkanes) is 9. The summed E-state index contributed by atoms with van der Waals surface area (Å²) in [5.74, 6) is -0.673. The molecule has 7 N–H and O–H groups in total. The van der Waals surface area contributed by atoms with E-state index in [0.717, 1.165) is 38.5 Å². The molecule has 0 aliphatic carbocycles. The number of nitrogens with one attached hydrogen (secondary N) is 1. The summed E-state index contributed by atoms with van der Waals surface area (Å²) in [6.07, 6.45) is 20.9. The van der Waals surface area contributed by atoms with Gasteiger partial charge in [-0.15, -0.1) is 0 Å². The van der Waals surface area contributed by atoms with E-state index >= 15 is 0 Å². The Morgan fingerprint density at radius 2 is 1.28 bits per heavy atom. The first-order valence-corrected chi connectivity index (χ1v) is 17.5. The standard InChI is InChI=1S/C36H63NO9/c1-3-5-7-9-11-13-14-15-16-17-19-20-22-24-29(39)28(27-45-36-34(43)33(42)32(41)31(26-38)46-36)37-35(44)30(40)25-23-21-18-12-10-8-6-4-2/h11,13,16-18,21-22,24,28-34,36,38-43H,3-10,12,14-15,19-20,23,25-27H2,1-2H3,(H,37,44)/b13-11+,17-16+,21-18-,24-22+. The highest BCUT2D eigenvalue weighted by Crippen LogP contribution is 2.22. The van der Waals surface area contributed by atoms with Crippen LogP contribution in [0.15, 0.2) is 48.6 Å². The first-order valence-electron chi connectivity index (χ1n) is 17.5. The summed E-state index contributed by atoms with van der Waals surface area (Å²) in [7, 11) is 0. The summed E-state index contributed by atoms with van der Waals surface area (Å²) >= 11 is 0. The van der Waals surface area contributed by atoms with Crippen LogP contribution >= 0.6 is 0 Å². The van der Waals surface area contributed by atoms with E-state index in [0.29, 0.717) is 12.8 Å². The Hall–Kier alpha value is -1.89. The largest absolute Gasteiger partial charge is 0.394 e. The van der Waals surface area contributed by atoms with Gasteiger partial charge in [0.2, 0.25) is 5.91 Å². The molecular formula is C36H63NO9. The summed E-state index contributed by atoms with van der Waals surface area (Å²) in [6, 6.07) is -1.01. The minimum absolute atomic E-state index is 0.213. The number of rotatable bonds is 26. The number of aliphatic hydroxyl groups excluding tert-OH is 6. The molecule has 46 heavy (non-hydrogen) atoms. The normalized spacial score (nSPS) is 24.4. The molecule has 0 aromatic heterocycles. The number of carbonyl (C=O) groups is 1. The molecule has 8 atom stereocenters. The third-order valence-corrected chi connectivity index (χ3v) is 7.97. The van der Waals surface area contributed by atoms with E-state index in [9.17, 15) is 35.4 Å². The van der Waals surface area contributed by atoms with Gasteiger partial charge in [0.05, 0.1) is 25.4 Å². The predicted octanol–water partition coefficient (Wildman–Crippen LogP) is 4.13. The maximum atomic E-state index is 12.8. The van der Waals surface area contributed by atoms with Crippen LogP contribution in [0.25, 0.3) is 0 Å². The lowest BCUT2D eigenvalue weighted by molar-refractivity contribution is -0.302. The zero-order valence-corrected chi connectivity index (χ0v) is 28.2. The summed E-state index contributed by atoms with van der Waals surface area (Å²) in [5.41, 5.74) is 0. The van der Waals surface area contributed by atoms with E-state index in [-0.39, 0.29) is 13.0 Å². The van der Waals surface area contributed by atoms with E-state index in [1.54, 1.807) is 12.2 Å². The van der Waals surface area contributed by atoms with Crippen molar-refractivity contribution in [1.29, 1.82) is 0 Å². The number of hydrogen-bond acceptors (Lipinski definition) is 9. The average Bonchev–Trinajstić information content (AvgIpc) is 3.05. The van der Waals surface area contributed by atoms with E-state index in [4.69, 9.17) is 9.47 Å². The van der Waals surface area contributed by atoms with Crippen LogP contribution in [-0.4, -0.2) is 98.7 Å². The van der Waals surface area contributed by atoms with Crippen molar-refractivity contribution in [3.8, 4) is 0 Å². The molecule has 1 aliphatic rings. The van der Waals surface area contributed by atoms with Crippen molar-refractivity contribution in [3.63, 3.8) is 0 Å². The Balaban J connectivity index is 2.66. The molecule has 0 aromatic carbocycles. The molecule has 8 unspecified atom stereocenters. The summed E-state index contributed by atoms with van der Waals surface area (Å²) < 4.78 is 11.0. The van der Waals surface area contributed by atoms with Gasteiger partial charge in [0.25, 0.3) is 0 Å². The van der Waals surface area contributed by atoms with Gasteiger partial charge in [-0.25, -0.2) is 0 Å². The van der Waals surface area contributed by atoms with E-state index in [2.05, 4.69) is 49.5 Å². The minimum atomic E-state index is -1.62. The van der Waals surface area contributed by atoms with Crippen LogP contribution < -0.4 is 5.32 Å². The molecule has 0 saturated carbocycles. The molecule has 1 amide bonds. The average molecular weight is 654 g/mol. The van der Waals surface area contributed by atoms with Gasteiger partial charge < -0.3 is 45.4 Å². The zero-order valence-electron chi connectivity index (χ0n) is 28.2. The van der Waals surface area contributed by atoms with Crippen molar-refractivity contribution in [3.05, 3.63) is 48.6 Å². The molecule has 10 nitrogen and oxygen atoms in total. The molecular weight excluding hydrogens is 590 g/mol. The van der Waals surface area contributed by atoms with Gasteiger partial charge in [0.1, 0.15) is 30.5 Å². The van der Waals surface area contributed by atoms with Crippen LogP contribution in [0.4, 0.5) is 0 Å². The fourth-order valence-corrected chi connectivity index (χ4v) is 4.96. The fourth-order valence-electron chi connectivity index (χ4n) is 4.96. The summed E-state index contributed by atoms with van der Waals surface area (Å²) in [4.78, 5) is 12.8. The van der Waals surface area contributed by atoms with Crippen LogP contribution in [-0.2, 0) is 14.3 Å². The second-order valence-electron chi connectivity index (χ2n) is 12.1. The maximum Gasteiger partial charge on any atom is 0.249 e. The van der Waals surface area contributed by atoms with Gasteiger partial charge >= 0.3 is 0 Å². The van der Waals surface area contributed by atoms with Crippen LogP contribution in [0.1, 0.15) is 110 Å². The predicted molar refractivity (Wildman–Crippen MR) is 181 cm³/mol. The number of carbonyl (C=O) groups excluding carboxylic acids is 1. The maximum absolute atomic E-state index is 12.8. The molecule has 1 fully saturated rings. The highest BCUT2D eigenvalue weighted by molar-refractivity contribution is 5.80. The van der Waals surface area contributed by atoms with Crippen molar-refractivity contribution in [1.82, 2.24) is 5.32 Å². The quantitative estimate of drug-likeness (QED) is 0.0536. The highest BCUT2D eigenvalue weighted by atomic mass is 16.7. The van der Waals surface area contributed by atoms with E-state index in [1.807, 2.05) is 6.08 Å². The third kappa shape index (κ3) is 18.4. The van der Waals surface area contributed by atoms with Crippen LogP contribution in [0, 0.1) is 0 Å². The lowest BCUT2D eigenvalue weighted by atomic mass is 9.99. The Bertz CT molecular complexity index is 876. The molecule has 1 heterocycles. The van der Waals surface area contributed by atoms with Gasteiger partial charge in [-0.2, -0.15) is 0 Å². The molecule has 0 spiro atoms. The summed E-state index contributed by atoms with van der Waals surface area (Å²) in [5, 5.41) is 63.9. The van der Waals surface area contributed by atoms with E-state index in [1.165, 1.54) is 38.5 Å². The smallest absolute Gasteiger partial charge is 0.249 e. The second kappa shape index (κ2) is 27.1. The second-order valence-corrected chi connectivity index (χ2v) is 12.1. The molecule has 0 radical (unpaired) electrons. The van der Waals surface area contributed by atoms with Crippen molar-refractivity contribution in [2.75, 3.05) is 13.2 Å². The summed E-state index contributed by atoms with van der Waals surface area (Å²) in [6.45, 7) is 3.42. The van der Waals surface area contributed by atoms with Crippen molar-refractivity contribution < 1.29 is 44.9 Å². The molecule has 10 heteroatoms. The molecule has 266 valence electrons. The van der Waals surface area contributed by atoms with Gasteiger partial charge in [0, 0.05) is 0 Å². The van der Waals surface area contributed by atoms with Crippen molar-refractivity contribution in [2.24, 2.45) is 0 Å². The minimum Gasteiger partial charge on any atom is -0.394 e. The molecule has 0 bridgehead atoms. The number of ether oxygens (including phenoxy) is 2. The monoisotopic (exact) mass is 653 g/mol. The SMILES string of the molecule is CCCCC/C=C/CC/C=C/CC/C=C/C(O)C(COC1OC(CO)C(O)C(O)C1O)NC(=O)C(O)CC/C=C\CCCCCC. The van der Waals surface area contributed by atoms with Crippen LogP contribution in [0.5, 0.6) is 0 Å². The lowest BCUT2D eigenvalue weighted by Gasteiger charge is -2.40. The molecule has 1 saturated heterocycles. The topological polar surface area (TPSA) is 169 Å². The zero-order chi connectivity index (χ0) is 34.0. The fraction of sp³-hybridized carbons (Fsp3) is 0.750. The third-order valence-electron chi connectivity index (χ3n) is 7.97. The number of allylic oxidation sites excluding steroid dienone is 7. The van der Waals surface area contributed by atoms with Gasteiger partial charge in [-0.05, 0) is 64.2 Å².